The van der Waals surface area contributed by atoms with Crippen molar-refractivity contribution in [1.82, 2.24) is 4.98 Å². The number of hydrogen-bond donors (Lipinski definition) is 0. The lowest BCUT2D eigenvalue weighted by Crippen LogP contribution is -1.88. The number of benzene rings is 1. The number of pyridine rings is 1. The van der Waals surface area contributed by atoms with Crippen molar-refractivity contribution in [3.05, 3.63) is 52.8 Å². The van der Waals surface area contributed by atoms with Gasteiger partial charge in [-0.25, -0.2) is 0 Å². The zero-order valence-corrected chi connectivity index (χ0v) is 9.86. The fourth-order valence-corrected chi connectivity index (χ4v) is 1.51. The van der Waals surface area contributed by atoms with Crippen LogP contribution in [0.25, 0.3) is 0 Å². The van der Waals surface area contributed by atoms with Crippen molar-refractivity contribution >= 4 is 15.9 Å². The molecule has 0 fully saturated rings. The van der Waals surface area contributed by atoms with Crippen molar-refractivity contribution < 1.29 is 4.74 Å². The topological polar surface area (TPSA) is 22.1 Å². The number of nitrogens with zero attached hydrogens (tertiary/aromatic N) is 1. The number of ether oxygens (including phenoxy) is 1. The number of aromatic nitrogens is 1. The van der Waals surface area contributed by atoms with Crippen LogP contribution in [0.2, 0.25) is 0 Å². The molecule has 1 heterocycles. The first kappa shape index (κ1) is 10.2. The molecule has 1 aromatic heterocycles. The molecule has 0 aliphatic carbocycles. The van der Waals surface area contributed by atoms with Crippen LogP contribution < -0.4 is 4.74 Å². The van der Waals surface area contributed by atoms with Gasteiger partial charge in [0.25, 0.3) is 0 Å². The molecule has 15 heavy (non-hydrogen) atoms. The zero-order chi connectivity index (χ0) is 10.7. The van der Waals surface area contributed by atoms with Crippen molar-refractivity contribution in [2.24, 2.45) is 0 Å². The summed E-state index contributed by atoms with van der Waals surface area (Å²) in [5, 5.41) is 0. The van der Waals surface area contributed by atoms with Gasteiger partial charge in [0.2, 0.25) is 0 Å². The molecule has 0 spiro atoms. The molecule has 3 heteroatoms. The number of rotatable bonds is 2. The van der Waals surface area contributed by atoms with Gasteiger partial charge in [-0.3, -0.25) is 4.98 Å². The van der Waals surface area contributed by atoms with Crippen LogP contribution in [0.1, 0.15) is 5.69 Å². The minimum absolute atomic E-state index is 0.786. The second-order valence-corrected chi connectivity index (χ2v) is 4.03. The summed E-state index contributed by atoms with van der Waals surface area (Å²) in [6.45, 7) is 1.93. The highest BCUT2D eigenvalue weighted by Gasteiger charge is 2.02. The minimum atomic E-state index is 0.786. The molecule has 2 rings (SSSR count). The molecule has 0 radical (unpaired) electrons. The molecule has 0 amide bonds. The summed E-state index contributed by atoms with van der Waals surface area (Å²) < 4.78 is 6.56. The zero-order valence-electron chi connectivity index (χ0n) is 8.27. The highest BCUT2D eigenvalue weighted by Crippen LogP contribution is 2.29. The molecule has 0 saturated carbocycles. The molecule has 0 aliphatic heterocycles. The predicted octanol–water partition coefficient (Wildman–Crippen LogP) is 3.94. The van der Waals surface area contributed by atoms with E-state index in [1.54, 1.807) is 6.20 Å². The SMILES string of the molecule is Cc1cc(Oc2ccccc2)c(Br)cn1. The van der Waals surface area contributed by atoms with E-state index < -0.39 is 0 Å². The maximum Gasteiger partial charge on any atom is 0.144 e. The monoisotopic (exact) mass is 263 g/mol. The number of hydrogen-bond acceptors (Lipinski definition) is 2. The highest BCUT2D eigenvalue weighted by atomic mass is 79.9. The van der Waals surface area contributed by atoms with E-state index in [4.69, 9.17) is 4.74 Å². The molecule has 0 N–H and O–H groups in total. The van der Waals surface area contributed by atoms with Gasteiger partial charge < -0.3 is 4.74 Å². The van der Waals surface area contributed by atoms with Crippen molar-refractivity contribution in [3.8, 4) is 11.5 Å². The Kier molecular flexibility index (Phi) is 3.02. The first-order valence-electron chi connectivity index (χ1n) is 4.61. The maximum absolute atomic E-state index is 5.70. The summed E-state index contributed by atoms with van der Waals surface area (Å²) in [5.41, 5.74) is 0.934. The average Bonchev–Trinajstić information content (AvgIpc) is 2.25. The third kappa shape index (κ3) is 2.57. The van der Waals surface area contributed by atoms with Crippen LogP contribution in [0.15, 0.2) is 47.1 Å². The Labute approximate surface area is 97.1 Å². The number of halogens is 1. The lowest BCUT2D eigenvalue weighted by atomic mass is 10.3. The smallest absolute Gasteiger partial charge is 0.144 e. The van der Waals surface area contributed by atoms with Gasteiger partial charge in [-0.1, -0.05) is 18.2 Å². The van der Waals surface area contributed by atoms with Crippen LogP contribution in [0.3, 0.4) is 0 Å². The van der Waals surface area contributed by atoms with Gasteiger partial charge in [0.15, 0.2) is 0 Å². The van der Waals surface area contributed by atoms with E-state index in [1.807, 2.05) is 43.3 Å². The molecule has 2 nitrogen and oxygen atoms in total. The minimum Gasteiger partial charge on any atom is -0.456 e. The van der Waals surface area contributed by atoms with Crippen molar-refractivity contribution in [3.63, 3.8) is 0 Å². The molecular formula is C12H10BrNO. The second kappa shape index (κ2) is 4.45. The first-order valence-corrected chi connectivity index (χ1v) is 5.40. The van der Waals surface area contributed by atoms with Crippen molar-refractivity contribution in [2.75, 3.05) is 0 Å². The first-order chi connectivity index (χ1) is 7.25. The molecule has 0 bridgehead atoms. The van der Waals surface area contributed by atoms with Crippen LogP contribution in [-0.2, 0) is 0 Å². The largest absolute Gasteiger partial charge is 0.456 e. The Bertz CT molecular complexity index is 456. The second-order valence-electron chi connectivity index (χ2n) is 3.17. The van der Waals surface area contributed by atoms with E-state index in [0.717, 1.165) is 21.7 Å². The lowest BCUT2D eigenvalue weighted by molar-refractivity contribution is 0.478. The van der Waals surface area contributed by atoms with E-state index >= 15 is 0 Å². The molecule has 2 aromatic rings. The average molecular weight is 264 g/mol. The van der Waals surface area contributed by atoms with Crippen LogP contribution >= 0.6 is 15.9 Å². The van der Waals surface area contributed by atoms with Crippen molar-refractivity contribution in [2.45, 2.75) is 6.92 Å². The van der Waals surface area contributed by atoms with Gasteiger partial charge in [0, 0.05) is 18.0 Å². The normalized spacial score (nSPS) is 10.0. The predicted molar refractivity (Wildman–Crippen MR) is 63.2 cm³/mol. The summed E-state index contributed by atoms with van der Waals surface area (Å²) in [6.07, 6.45) is 1.74. The molecule has 0 saturated heterocycles. The molecule has 1 aromatic carbocycles. The fourth-order valence-electron chi connectivity index (χ4n) is 1.21. The van der Waals surface area contributed by atoms with Gasteiger partial charge in [-0.2, -0.15) is 0 Å². The van der Waals surface area contributed by atoms with Gasteiger partial charge in [-0.15, -0.1) is 0 Å². The Hall–Kier alpha value is -1.35. The van der Waals surface area contributed by atoms with E-state index in [0.29, 0.717) is 0 Å². The van der Waals surface area contributed by atoms with Gasteiger partial charge in [0.05, 0.1) is 4.47 Å². The van der Waals surface area contributed by atoms with E-state index in [1.165, 1.54) is 0 Å². The summed E-state index contributed by atoms with van der Waals surface area (Å²) in [6, 6.07) is 11.6. The molecule has 0 aliphatic rings. The summed E-state index contributed by atoms with van der Waals surface area (Å²) in [7, 11) is 0. The highest BCUT2D eigenvalue weighted by molar-refractivity contribution is 9.10. The van der Waals surface area contributed by atoms with Gasteiger partial charge >= 0.3 is 0 Å². The molecule has 0 atom stereocenters. The Morgan fingerprint density at radius 1 is 1.20 bits per heavy atom. The fraction of sp³-hybridized carbons (Fsp3) is 0.0833. The quantitative estimate of drug-likeness (QED) is 0.819. The molecular weight excluding hydrogens is 254 g/mol. The van der Waals surface area contributed by atoms with E-state index in [-0.39, 0.29) is 0 Å². The van der Waals surface area contributed by atoms with Crippen LogP contribution in [0.4, 0.5) is 0 Å². The third-order valence-electron chi connectivity index (χ3n) is 1.93. The Morgan fingerprint density at radius 3 is 2.67 bits per heavy atom. The third-order valence-corrected chi connectivity index (χ3v) is 2.52. The Balaban J connectivity index is 2.28. The van der Waals surface area contributed by atoms with Gasteiger partial charge in [0.1, 0.15) is 11.5 Å². The van der Waals surface area contributed by atoms with Gasteiger partial charge in [-0.05, 0) is 35.0 Å². The summed E-state index contributed by atoms with van der Waals surface area (Å²) in [4.78, 5) is 4.15. The number of para-hydroxylation sites is 1. The van der Waals surface area contributed by atoms with E-state index in [9.17, 15) is 0 Å². The van der Waals surface area contributed by atoms with Crippen LogP contribution in [0.5, 0.6) is 11.5 Å². The van der Waals surface area contributed by atoms with E-state index in [2.05, 4.69) is 20.9 Å². The number of aryl methyl sites for hydroxylation is 1. The molecule has 76 valence electrons. The van der Waals surface area contributed by atoms with Crippen LogP contribution in [0, 0.1) is 6.92 Å². The van der Waals surface area contributed by atoms with Crippen LogP contribution in [-0.4, -0.2) is 4.98 Å². The summed E-state index contributed by atoms with van der Waals surface area (Å²) in [5.74, 6) is 1.61. The Morgan fingerprint density at radius 2 is 1.93 bits per heavy atom. The summed E-state index contributed by atoms with van der Waals surface area (Å²) >= 11 is 3.40. The standard InChI is InChI=1S/C12H10BrNO/c1-9-7-12(11(13)8-14-9)15-10-5-3-2-4-6-10/h2-8H,1H3. The lowest BCUT2D eigenvalue weighted by Gasteiger charge is -2.07. The molecule has 0 unspecified atom stereocenters. The van der Waals surface area contributed by atoms with Crippen molar-refractivity contribution in [1.29, 1.82) is 0 Å². The maximum atomic E-state index is 5.70.